The molecule has 0 fully saturated rings. The van der Waals surface area contributed by atoms with Crippen LogP contribution in [0.15, 0.2) is 61.2 Å². The predicted octanol–water partition coefficient (Wildman–Crippen LogP) is 4.40. The van der Waals surface area contributed by atoms with Gasteiger partial charge in [-0.3, -0.25) is 4.79 Å². The summed E-state index contributed by atoms with van der Waals surface area (Å²) in [6, 6.07) is 16.6. The van der Waals surface area contributed by atoms with Crippen LogP contribution in [0.4, 0.5) is 0 Å². The zero-order chi connectivity index (χ0) is 16.4. The number of nitrogens with zero attached hydrogens (tertiary/aromatic N) is 1. The molecule has 0 heterocycles. The van der Waals surface area contributed by atoms with Crippen molar-refractivity contribution in [2.45, 2.75) is 25.7 Å². The minimum Gasteiger partial charge on any atom is -0.342 e. The standard InChI is InChI=1S/C21H23NO/c1-4-15-21(20(23)22(5-2)6-3)18-13-9-7-11-16(18)17-12-8-10-14-19(17)21/h4,7-14H,1,5-6,15H2,2-3H3. The number of allylic oxidation sites excluding steroid dienone is 1. The maximum absolute atomic E-state index is 13.5. The molecule has 0 saturated carbocycles. The van der Waals surface area contributed by atoms with Gasteiger partial charge in [0, 0.05) is 13.1 Å². The molecule has 2 heteroatoms. The van der Waals surface area contributed by atoms with Crippen LogP contribution in [0, 0.1) is 0 Å². The molecule has 0 N–H and O–H groups in total. The molecule has 2 aromatic carbocycles. The second-order valence-electron chi connectivity index (χ2n) is 5.97. The fraction of sp³-hybridized carbons (Fsp3) is 0.286. The van der Waals surface area contributed by atoms with Crippen LogP contribution in [0.25, 0.3) is 11.1 Å². The highest BCUT2D eigenvalue weighted by atomic mass is 16.2. The fourth-order valence-electron chi connectivity index (χ4n) is 3.86. The Morgan fingerprint density at radius 1 is 1.00 bits per heavy atom. The van der Waals surface area contributed by atoms with Crippen LogP contribution >= 0.6 is 0 Å². The molecule has 0 atom stereocenters. The molecule has 1 amide bonds. The van der Waals surface area contributed by atoms with E-state index in [1.54, 1.807) is 0 Å². The molecular weight excluding hydrogens is 282 g/mol. The summed E-state index contributed by atoms with van der Waals surface area (Å²) in [7, 11) is 0. The van der Waals surface area contributed by atoms with Crippen molar-refractivity contribution in [2.24, 2.45) is 0 Å². The van der Waals surface area contributed by atoms with Gasteiger partial charge >= 0.3 is 0 Å². The quantitative estimate of drug-likeness (QED) is 0.750. The Morgan fingerprint density at radius 3 is 1.91 bits per heavy atom. The van der Waals surface area contributed by atoms with Gasteiger partial charge in [-0.2, -0.15) is 0 Å². The number of carbonyl (C=O) groups is 1. The predicted molar refractivity (Wildman–Crippen MR) is 95.4 cm³/mol. The normalized spacial score (nSPS) is 14.0. The molecule has 0 radical (unpaired) electrons. The molecule has 1 aliphatic carbocycles. The number of benzene rings is 2. The Hall–Kier alpha value is -2.35. The third kappa shape index (κ3) is 2.13. The number of fused-ring (bicyclic) bond motifs is 3. The van der Waals surface area contributed by atoms with Gasteiger partial charge in [-0.25, -0.2) is 0 Å². The van der Waals surface area contributed by atoms with Crippen molar-refractivity contribution in [1.82, 2.24) is 4.90 Å². The SMILES string of the molecule is C=CCC1(C(=O)N(CC)CC)c2ccccc2-c2ccccc21. The van der Waals surface area contributed by atoms with Crippen molar-refractivity contribution in [3.8, 4) is 11.1 Å². The van der Waals surface area contributed by atoms with Crippen LogP contribution in [0.1, 0.15) is 31.4 Å². The summed E-state index contributed by atoms with van der Waals surface area (Å²) in [5.41, 5.74) is 3.92. The summed E-state index contributed by atoms with van der Waals surface area (Å²) in [5.74, 6) is 0.180. The molecule has 0 aliphatic heterocycles. The molecule has 1 aliphatic rings. The van der Waals surface area contributed by atoms with E-state index in [-0.39, 0.29) is 5.91 Å². The highest BCUT2D eigenvalue weighted by Crippen LogP contribution is 2.51. The lowest BCUT2D eigenvalue weighted by molar-refractivity contribution is -0.135. The third-order valence-corrected chi connectivity index (χ3v) is 4.93. The van der Waals surface area contributed by atoms with E-state index in [4.69, 9.17) is 0 Å². The van der Waals surface area contributed by atoms with Crippen LogP contribution in [0.3, 0.4) is 0 Å². The summed E-state index contributed by atoms with van der Waals surface area (Å²) < 4.78 is 0. The largest absolute Gasteiger partial charge is 0.342 e. The zero-order valence-corrected chi connectivity index (χ0v) is 13.9. The van der Waals surface area contributed by atoms with Gasteiger partial charge in [0.05, 0.1) is 0 Å². The van der Waals surface area contributed by atoms with E-state index in [0.717, 1.165) is 24.2 Å². The minimum atomic E-state index is -0.638. The topological polar surface area (TPSA) is 20.3 Å². The summed E-state index contributed by atoms with van der Waals surface area (Å²) >= 11 is 0. The third-order valence-electron chi connectivity index (χ3n) is 4.93. The number of hydrogen-bond donors (Lipinski definition) is 0. The van der Waals surface area contributed by atoms with E-state index in [2.05, 4.69) is 30.8 Å². The van der Waals surface area contributed by atoms with Gasteiger partial charge in [-0.05, 0) is 42.5 Å². The van der Waals surface area contributed by atoms with Crippen LogP contribution in [-0.4, -0.2) is 23.9 Å². The van der Waals surface area contributed by atoms with Crippen LogP contribution in [0.5, 0.6) is 0 Å². The van der Waals surface area contributed by atoms with E-state index in [1.807, 2.05) is 49.1 Å². The second kappa shape index (κ2) is 6.04. The summed E-state index contributed by atoms with van der Waals surface area (Å²) in [5, 5.41) is 0. The zero-order valence-electron chi connectivity index (χ0n) is 13.9. The number of hydrogen-bond acceptors (Lipinski definition) is 1. The van der Waals surface area contributed by atoms with Gasteiger partial charge in [0.2, 0.25) is 5.91 Å². The molecule has 2 aromatic rings. The first-order valence-electron chi connectivity index (χ1n) is 8.30. The lowest BCUT2D eigenvalue weighted by Crippen LogP contribution is -2.46. The van der Waals surface area contributed by atoms with Crippen LogP contribution in [-0.2, 0) is 10.2 Å². The molecule has 0 saturated heterocycles. The number of likely N-dealkylation sites (N-methyl/N-ethyl adjacent to an activating group) is 1. The maximum atomic E-state index is 13.5. The average Bonchev–Trinajstić information content (AvgIpc) is 2.88. The monoisotopic (exact) mass is 305 g/mol. The van der Waals surface area contributed by atoms with Crippen molar-refractivity contribution < 1.29 is 4.79 Å². The Balaban J connectivity index is 2.31. The van der Waals surface area contributed by atoms with Gasteiger partial charge in [0.25, 0.3) is 0 Å². The van der Waals surface area contributed by atoms with E-state index in [0.29, 0.717) is 6.42 Å². The molecule has 0 aromatic heterocycles. The molecule has 0 unspecified atom stereocenters. The average molecular weight is 305 g/mol. The minimum absolute atomic E-state index is 0.180. The first kappa shape index (κ1) is 15.5. The Morgan fingerprint density at radius 2 is 1.48 bits per heavy atom. The van der Waals surface area contributed by atoms with E-state index >= 15 is 0 Å². The van der Waals surface area contributed by atoms with E-state index < -0.39 is 5.41 Å². The highest BCUT2D eigenvalue weighted by molar-refractivity contribution is 6.00. The van der Waals surface area contributed by atoms with E-state index in [9.17, 15) is 4.79 Å². The number of carbonyl (C=O) groups excluding carboxylic acids is 1. The van der Waals surface area contributed by atoms with Crippen molar-refractivity contribution in [1.29, 1.82) is 0 Å². The molecule has 0 bridgehead atoms. The van der Waals surface area contributed by atoms with Crippen molar-refractivity contribution in [3.05, 3.63) is 72.3 Å². The smallest absolute Gasteiger partial charge is 0.238 e. The second-order valence-corrected chi connectivity index (χ2v) is 5.97. The van der Waals surface area contributed by atoms with Gasteiger partial charge in [0.15, 0.2) is 0 Å². The highest BCUT2D eigenvalue weighted by Gasteiger charge is 2.49. The Bertz CT molecular complexity index is 698. The van der Waals surface area contributed by atoms with Crippen molar-refractivity contribution in [3.63, 3.8) is 0 Å². The number of rotatable bonds is 5. The molecule has 118 valence electrons. The van der Waals surface area contributed by atoms with Crippen molar-refractivity contribution >= 4 is 5.91 Å². The Kier molecular flexibility index (Phi) is 4.08. The lowest BCUT2D eigenvalue weighted by Gasteiger charge is -2.34. The summed E-state index contributed by atoms with van der Waals surface area (Å²) in [6.07, 6.45) is 2.50. The van der Waals surface area contributed by atoms with Gasteiger partial charge in [-0.1, -0.05) is 54.6 Å². The molecular formula is C21H23NO. The molecule has 0 spiro atoms. The van der Waals surface area contributed by atoms with Gasteiger partial charge in [-0.15, -0.1) is 6.58 Å². The van der Waals surface area contributed by atoms with Crippen LogP contribution < -0.4 is 0 Å². The first-order chi connectivity index (χ1) is 11.2. The van der Waals surface area contributed by atoms with Gasteiger partial charge in [0.1, 0.15) is 5.41 Å². The van der Waals surface area contributed by atoms with Crippen molar-refractivity contribution in [2.75, 3.05) is 13.1 Å². The summed E-state index contributed by atoms with van der Waals surface area (Å²) in [6.45, 7) is 9.45. The molecule has 2 nitrogen and oxygen atoms in total. The van der Waals surface area contributed by atoms with Gasteiger partial charge < -0.3 is 4.90 Å². The maximum Gasteiger partial charge on any atom is 0.238 e. The van der Waals surface area contributed by atoms with E-state index in [1.165, 1.54) is 11.1 Å². The first-order valence-corrected chi connectivity index (χ1v) is 8.30. The van der Waals surface area contributed by atoms with Crippen LogP contribution in [0.2, 0.25) is 0 Å². The molecule has 3 rings (SSSR count). The lowest BCUT2D eigenvalue weighted by atomic mass is 9.74. The molecule has 23 heavy (non-hydrogen) atoms. The number of amides is 1. The Labute approximate surface area is 138 Å². The summed E-state index contributed by atoms with van der Waals surface area (Å²) in [4.78, 5) is 15.5. The fourth-order valence-corrected chi connectivity index (χ4v) is 3.86.